The number of esters is 1. The highest BCUT2D eigenvalue weighted by Crippen LogP contribution is 2.13. The van der Waals surface area contributed by atoms with Gasteiger partial charge in [-0.05, 0) is 6.92 Å². The van der Waals surface area contributed by atoms with Crippen molar-refractivity contribution in [3.63, 3.8) is 0 Å². The Bertz CT molecular complexity index is 346. The van der Waals surface area contributed by atoms with Crippen LogP contribution in [0.3, 0.4) is 0 Å². The summed E-state index contributed by atoms with van der Waals surface area (Å²) in [5.74, 6) is -0.560. The topological polar surface area (TPSA) is 96.0 Å². The van der Waals surface area contributed by atoms with E-state index in [0.717, 1.165) is 0 Å². The summed E-state index contributed by atoms with van der Waals surface area (Å²) >= 11 is 0. The number of hydrogen-bond donors (Lipinski definition) is 2. The van der Waals surface area contributed by atoms with Gasteiger partial charge < -0.3 is 24.3 Å². The first-order valence-electron chi connectivity index (χ1n) is 5.32. The second kappa shape index (κ2) is 6.87. The number of carbonyl (C=O) groups is 1. The summed E-state index contributed by atoms with van der Waals surface area (Å²) < 4.78 is 9.85. The van der Waals surface area contributed by atoms with Gasteiger partial charge in [-0.3, -0.25) is 0 Å². The maximum absolute atomic E-state index is 11.3. The van der Waals surface area contributed by atoms with E-state index < -0.39 is 5.97 Å². The lowest BCUT2D eigenvalue weighted by atomic mass is 10.5. The molecule has 0 atom stereocenters. The number of aromatic nitrogens is 1. The fourth-order valence-corrected chi connectivity index (χ4v) is 1.25. The molecular formula is C10H16N2O5. The van der Waals surface area contributed by atoms with Gasteiger partial charge in [-0.1, -0.05) is 0 Å². The van der Waals surface area contributed by atoms with Gasteiger partial charge in [0.2, 0.25) is 0 Å². The molecule has 0 fully saturated rings. The van der Waals surface area contributed by atoms with Crippen LogP contribution in [0.2, 0.25) is 0 Å². The highest BCUT2D eigenvalue weighted by Gasteiger charge is 2.17. The third-order valence-electron chi connectivity index (χ3n) is 1.99. The quantitative estimate of drug-likeness (QED) is 0.632. The van der Waals surface area contributed by atoms with Crippen LogP contribution in [-0.2, 0) is 4.74 Å². The van der Waals surface area contributed by atoms with Gasteiger partial charge in [-0.2, -0.15) is 4.98 Å². The number of ether oxygens (including phenoxy) is 1. The molecule has 0 aliphatic heterocycles. The fraction of sp³-hybridized carbons (Fsp3) is 0.600. The Morgan fingerprint density at radius 2 is 2.12 bits per heavy atom. The Morgan fingerprint density at radius 1 is 1.47 bits per heavy atom. The zero-order valence-corrected chi connectivity index (χ0v) is 9.63. The van der Waals surface area contributed by atoms with E-state index in [0.29, 0.717) is 0 Å². The smallest absolute Gasteiger partial charge is 0.360 e. The molecule has 1 heterocycles. The Kier molecular flexibility index (Phi) is 5.44. The van der Waals surface area contributed by atoms with Gasteiger partial charge in [0.15, 0.2) is 5.69 Å². The van der Waals surface area contributed by atoms with E-state index in [4.69, 9.17) is 19.4 Å². The lowest BCUT2D eigenvalue weighted by Crippen LogP contribution is -2.30. The van der Waals surface area contributed by atoms with Crippen LogP contribution in [0.1, 0.15) is 17.4 Å². The molecule has 7 heteroatoms. The van der Waals surface area contributed by atoms with Crippen LogP contribution in [0.15, 0.2) is 10.7 Å². The summed E-state index contributed by atoms with van der Waals surface area (Å²) in [6.07, 6.45) is 1.19. The zero-order chi connectivity index (χ0) is 12.7. The first kappa shape index (κ1) is 13.5. The summed E-state index contributed by atoms with van der Waals surface area (Å²) in [7, 11) is 0. The number of hydrogen-bond acceptors (Lipinski definition) is 7. The first-order valence-corrected chi connectivity index (χ1v) is 5.32. The van der Waals surface area contributed by atoms with Crippen LogP contribution in [0, 0.1) is 0 Å². The largest absolute Gasteiger partial charge is 0.461 e. The molecule has 0 radical (unpaired) electrons. The summed E-state index contributed by atoms with van der Waals surface area (Å²) in [5.41, 5.74) is 0.0720. The molecule has 0 aliphatic rings. The van der Waals surface area contributed by atoms with Crippen molar-refractivity contribution in [2.24, 2.45) is 0 Å². The van der Waals surface area contributed by atoms with Crippen LogP contribution in [0.5, 0.6) is 0 Å². The zero-order valence-electron chi connectivity index (χ0n) is 9.63. The van der Waals surface area contributed by atoms with Crippen molar-refractivity contribution in [2.75, 3.05) is 37.8 Å². The number of anilines is 1. The van der Waals surface area contributed by atoms with Gasteiger partial charge in [-0.15, -0.1) is 0 Å². The molecule has 1 aromatic heterocycles. The molecular weight excluding hydrogens is 228 g/mol. The third-order valence-corrected chi connectivity index (χ3v) is 1.99. The van der Waals surface area contributed by atoms with Crippen molar-refractivity contribution in [3.8, 4) is 0 Å². The van der Waals surface area contributed by atoms with Crippen molar-refractivity contribution in [1.82, 2.24) is 4.98 Å². The lowest BCUT2D eigenvalue weighted by Gasteiger charge is -2.17. The van der Waals surface area contributed by atoms with Gasteiger partial charge in [0.25, 0.3) is 6.01 Å². The van der Waals surface area contributed by atoms with Crippen molar-refractivity contribution >= 4 is 12.0 Å². The third kappa shape index (κ3) is 3.72. The Morgan fingerprint density at radius 3 is 2.65 bits per heavy atom. The Labute approximate surface area is 98.6 Å². The number of aliphatic hydroxyl groups excluding tert-OH is 2. The Balaban J connectivity index is 2.73. The van der Waals surface area contributed by atoms with E-state index in [1.54, 1.807) is 6.92 Å². The van der Waals surface area contributed by atoms with Crippen LogP contribution in [0.4, 0.5) is 6.01 Å². The van der Waals surface area contributed by atoms with Gasteiger partial charge in [0.1, 0.15) is 6.26 Å². The molecule has 96 valence electrons. The normalized spacial score (nSPS) is 10.3. The number of oxazole rings is 1. The first-order chi connectivity index (χ1) is 8.22. The van der Waals surface area contributed by atoms with Gasteiger partial charge in [0.05, 0.1) is 19.8 Å². The minimum Gasteiger partial charge on any atom is -0.461 e. The van der Waals surface area contributed by atoms with Crippen molar-refractivity contribution in [2.45, 2.75) is 6.92 Å². The summed E-state index contributed by atoms with van der Waals surface area (Å²) in [6, 6.07) is 0.177. The van der Waals surface area contributed by atoms with Crippen molar-refractivity contribution in [1.29, 1.82) is 0 Å². The summed E-state index contributed by atoms with van der Waals surface area (Å²) in [6.45, 7) is 2.29. The molecule has 0 spiro atoms. The average molecular weight is 244 g/mol. The van der Waals surface area contributed by atoms with Gasteiger partial charge >= 0.3 is 5.97 Å². The van der Waals surface area contributed by atoms with E-state index in [9.17, 15) is 4.79 Å². The number of carbonyl (C=O) groups excluding carboxylic acids is 1. The maximum atomic E-state index is 11.3. The second-order valence-electron chi connectivity index (χ2n) is 3.17. The molecule has 17 heavy (non-hydrogen) atoms. The molecule has 0 amide bonds. The standard InChI is InChI=1S/C10H16N2O5/c1-2-16-9(15)8-7-17-10(11-8)12(3-5-13)4-6-14/h7,13-14H,2-6H2,1H3. The lowest BCUT2D eigenvalue weighted by molar-refractivity contribution is 0.0519. The van der Waals surface area contributed by atoms with Crippen molar-refractivity contribution in [3.05, 3.63) is 12.0 Å². The predicted molar refractivity (Wildman–Crippen MR) is 58.8 cm³/mol. The predicted octanol–water partition coefficient (Wildman–Crippen LogP) is -0.358. The van der Waals surface area contributed by atoms with E-state index in [1.807, 2.05) is 0 Å². The van der Waals surface area contributed by atoms with Crippen molar-refractivity contribution < 1.29 is 24.2 Å². The Hall–Kier alpha value is -1.60. The molecule has 1 aromatic rings. The number of rotatable bonds is 7. The molecule has 2 N–H and O–H groups in total. The summed E-state index contributed by atoms with van der Waals surface area (Å²) in [4.78, 5) is 16.8. The van der Waals surface area contributed by atoms with E-state index in [2.05, 4.69) is 4.98 Å². The van der Waals surface area contributed by atoms with Gasteiger partial charge in [-0.25, -0.2) is 4.79 Å². The maximum Gasteiger partial charge on any atom is 0.360 e. The molecule has 0 aliphatic carbocycles. The SMILES string of the molecule is CCOC(=O)c1coc(N(CCO)CCO)n1. The fourth-order valence-electron chi connectivity index (χ4n) is 1.25. The molecule has 0 aromatic carbocycles. The number of nitrogens with zero attached hydrogens (tertiary/aromatic N) is 2. The van der Waals surface area contributed by atoms with E-state index >= 15 is 0 Å². The molecule has 0 unspecified atom stereocenters. The molecule has 0 bridgehead atoms. The summed E-state index contributed by atoms with van der Waals surface area (Å²) in [5, 5.41) is 17.7. The average Bonchev–Trinajstić information content (AvgIpc) is 2.78. The van der Waals surface area contributed by atoms with E-state index in [-0.39, 0.29) is 44.6 Å². The van der Waals surface area contributed by atoms with Crippen LogP contribution in [0.25, 0.3) is 0 Å². The van der Waals surface area contributed by atoms with Crippen LogP contribution in [-0.4, -0.2) is 54.1 Å². The second-order valence-corrected chi connectivity index (χ2v) is 3.17. The minimum atomic E-state index is -0.560. The number of aliphatic hydroxyl groups is 2. The molecule has 1 rings (SSSR count). The van der Waals surface area contributed by atoms with Crippen LogP contribution < -0.4 is 4.90 Å². The molecule has 7 nitrogen and oxygen atoms in total. The van der Waals surface area contributed by atoms with Gasteiger partial charge in [0, 0.05) is 13.1 Å². The molecule has 0 saturated heterocycles. The monoisotopic (exact) mass is 244 g/mol. The highest BCUT2D eigenvalue weighted by atomic mass is 16.5. The minimum absolute atomic E-state index is 0.0720. The van der Waals surface area contributed by atoms with E-state index in [1.165, 1.54) is 11.2 Å². The highest BCUT2D eigenvalue weighted by molar-refractivity contribution is 5.87. The van der Waals surface area contributed by atoms with Crippen LogP contribution >= 0.6 is 0 Å². The molecule has 0 saturated carbocycles.